The van der Waals surface area contributed by atoms with Gasteiger partial charge in [0.25, 0.3) is 0 Å². The van der Waals surface area contributed by atoms with E-state index in [0.717, 1.165) is 19.3 Å². The Bertz CT molecular complexity index is 1200. The van der Waals surface area contributed by atoms with Gasteiger partial charge in [-0.2, -0.15) is 0 Å². The van der Waals surface area contributed by atoms with Crippen LogP contribution in [0.2, 0.25) is 0 Å². The van der Waals surface area contributed by atoms with Crippen LogP contribution in [0.3, 0.4) is 0 Å². The molecule has 0 bridgehead atoms. The van der Waals surface area contributed by atoms with Gasteiger partial charge in [0.05, 0.1) is 5.39 Å². The number of allylic oxidation sites excluding steroid dienone is 5. The third kappa shape index (κ3) is 7.68. The van der Waals surface area contributed by atoms with Crippen LogP contribution in [0.4, 0.5) is 0 Å². The maximum Gasteiger partial charge on any atom is 0.235 e. The van der Waals surface area contributed by atoms with Crippen molar-refractivity contribution in [1.29, 1.82) is 0 Å². The van der Waals surface area contributed by atoms with E-state index in [9.17, 15) is 15.0 Å². The first-order chi connectivity index (χ1) is 17.1. The van der Waals surface area contributed by atoms with Crippen molar-refractivity contribution in [1.82, 2.24) is 0 Å². The Balaban J connectivity index is 0.000000503. The lowest BCUT2D eigenvalue weighted by molar-refractivity contribution is -0.0787. The maximum atomic E-state index is 12.7. The second-order valence-electron chi connectivity index (χ2n) is 8.19. The Labute approximate surface area is 210 Å². The molecule has 1 saturated carbocycles. The standard InChI is InChI=1S/C22H22O6.C7H10.H2O/c23-12-14-5-4-8-17(14)22(25)28-16-9-10-18-19(11-16)26-13-20(21(18)24)27-15-6-2-1-3-7-15;1-3-5-7-6-4-2;/h1-3,6-7,9-11,13-14,17,22-23,25H,4-5,8,12H2;3-7H,1H2,2H3;1H2/b;6-4+,7-5-;. The highest BCUT2D eigenvalue weighted by atomic mass is 16.6. The van der Waals surface area contributed by atoms with Gasteiger partial charge in [-0.1, -0.05) is 61.6 Å². The molecule has 192 valence electrons. The van der Waals surface area contributed by atoms with E-state index >= 15 is 0 Å². The highest BCUT2D eigenvalue weighted by Crippen LogP contribution is 2.35. The smallest absolute Gasteiger partial charge is 0.235 e. The van der Waals surface area contributed by atoms with Crippen molar-refractivity contribution in [2.45, 2.75) is 32.5 Å². The molecule has 1 aliphatic rings. The molecule has 0 saturated heterocycles. The van der Waals surface area contributed by atoms with Gasteiger partial charge >= 0.3 is 0 Å². The summed E-state index contributed by atoms with van der Waals surface area (Å²) >= 11 is 0. The highest BCUT2D eigenvalue weighted by Gasteiger charge is 2.33. The minimum absolute atomic E-state index is 0. The largest absolute Gasteiger partial charge is 0.465 e. The van der Waals surface area contributed by atoms with Crippen LogP contribution in [0.5, 0.6) is 17.2 Å². The fourth-order valence-electron chi connectivity index (χ4n) is 4.00. The van der Waals surface area contributed by atoms with E-state index in [1.165, 1.54) is 6.26 Å². The summed E-state index contributed by atoms with van der Waals surface area (Å²) < 4.78 is 16.8. The first-order valence-electron chi connectivity index (χ1n) is 11.7. The van der Waals surface area contributed by atoms with Gasteiger partial charge in [0.15, 0.2) is 0 Å². The van der Waals surface area contributed by atoms with Crippen LogP contribution in [0.1, 0.15) is 26.2 Å². The van der Waals surface area contributed by atoms with Gasteiger partial charge in [-0.3, -0.25) is 4.79 Å². The third-order valence-electron chi connectivity index (χ3n) is 5.81. The van der Waals surface area contributed by atoms with Crippen molar-refractivity contribution in [2.24, 2.45) is 11.8 Å². The van der Waals surface area contributed by atoms with E-state index in [4.69, 9.17) is 13.9 Å². The molecule has 7 nitrogen and oxygen atoms in total. The summed E-state index contributed by atoms with van der Waals surface area (Å²) in [5.74, 6) is 1.00. The molecule has 1 aliphatic carbocycles. The summed E-state index contributed by atoms with van der Waals surface area (Å²) in [5, 5.41) is 20.2. The molecule has 0 aliphatic heterocycles. The number of fused-ring (bicyclic) bond motifs is 1. The van der Waals surface area contributed by atoms with Crippen LogP contribution in [0.25, 0.3) is 11.0 Å². The summed E-state index contributed by atoms with van der Waals surface area (Å²) in [6.45, 7) is 5.53. The SMILES string of the molecule is C=C/C=C\C=C\C.O.O=c1c(Oc2ccccc2)coc2cc(OC(O)C3CCCC3CO)ccc12. The summed E-state index contributed by atoms with van der Waals surface area (Å²) in [6, 6.07) is 13.8. The molecule has 1 heterocycles. The Kier molecular flexibility index (Phi) is 11.7. The monoisotopic (exact) mass is 494 g/mol. The average molecular weight is 495 g/mol. The molecule has 4 N–H and O–H groups in total. The summed E-state index contributed by atoms with van der Waals surface area (Å²) in [5.41, 5.74) is 0.0635. The normalized spacial score (nSPS) is 17.9. The average Bonchev–Trinajstić information content (AvgIpc) is 3.36. The molecule has 3 aromatic rings. The van der Waals surface area contributed by atoms with Crippen LogP contribution in [-0.2, 0) is 0 Å². The van der Waals surface area contributed by atoms with Crippen LogP contribution in [-0.4, -0.2) is 28.6 Å². The Morgan fingerprint density at radius 3 is 2.58 bits per heavy atom. The zero-order valence-electron chi connectivity index (χ0n) is 20.4. The first-order valence-corrected chi connectivity index (χ1v) is 11.7. The Morgan fingerprint density at radius 1 is 1.11 bits per heavy atom. The number of aliphatic hydroxyl groups is 2. The summed E-state index contributed by atoms with van der Waals surface area (Å²) in [7, 11) is 0. The zero-order chi connectivity index (χ0) is 25.0. The Hall–Kier alpha value is -3.65. The van der Waals surface area contributed by atoms with E-state index in [-0.39, 0.29) is 35.1 Å². The van der Waals surface area contributed by atoms with E-state index in [0.29, 0.717) is 22.5 Å². The number of benzene rings is 2. The number of ether oxygens (including phenoxy) is 2. The molecular weight excluding hydrogens is 460 g/mol. The van der Waals surface area contributed by atoms with Crippen molar-refractivity contribution in [3.63, 3.8) is 0 Å². The van der Waals surface area contributed by atoms with Gasteiger partial charge in [-0.05, 0) is 49.9 Å². The Morgan fingerprint density at radius 2 is 1.89 bits per heavy atom. The zero-order valence-corrected chi connectivity index (χ0v) is 20.4. The van der Waals surface area contributed by atoms with E-state index in [1.54, 1.807) is 36.4 Å². The number of rotatable bonds is 8. The van der Waals surface area contributed by atoms with Crippen molar-refractivity contribution in [2.75, 3.05) is 6.61 Å². The summed E-state index contributed by atoms with van der Waals surface area (Å²) in [6.07, 6.45) is 12.4. The molecule has 3 unspecified atom stereocenters. The molecule has 1 aromatic heterocycles. The van der Waals surface area contributed by atoms with Gasteiger partial charge in [0.2, 0.25) is 17.5 Å². The predicted octanol–water partition coefficient (Wildman–Crippen LogP) is 5.17. The van der Waals surface area contributed by atoms with Crippen LogP contribution in [0.15, 0.2) is 101 Å². The fraction of sp³-hybridized carbons (Fsp3) is 0.276. The molecule has 0 radical (unpaired) electrons. The topological polar surface area (TPSA) is 121 Å². The van der Waals surface area contributed by atoms with E-state index in [2.05, 4.69) is 6.58 Å². The quantitative estimate of drug-likeness (QED) is 0.329. The number of hydrogen-bond donors (Lipinski definition) is 2. The van der Waals surface area contributed by atoms with Crippen LogP contribution >= 0.6 is 0 Å². The molecule has 4 rings (SSSR count). The van der Waals surface area contributed by atoms with Crippen molar-refractivity contribution in [3.05, 3.63) is 102 Å². The van der Waals surface area contributed by atoms with Crippen molar-refractivity contribution >= 4 is 11.0 Å². The number of aliphatic hydroxyl groups excluding tert-OH is 2. The van der Waals surface area contributed by atoms with Gasteiger partial charge in [-0.15, -0.1) is 0 Å². The van der Waals surface area contributed by atoms with Crippen molar-refractivity contribution < 1.29 is 29.6 Å². The van der Waals surface area contributed by atoms with Gasteiger partial charge in [-0.25, -0.2) is 0 Å². The summed E-state index contributed by atoms with van der Waals surface area (Å²) in [4.78, 5) is 12.7. The molecule has 7 heteroatoms. The minimum Gasteiger partial charge on any atom is -0.465 e. The lowest BCUT2D eigenvalue weighted by Crippen LogP contribution is -2.30. The first kappa shape index (κ1) is 28.6. The second kappa shape index (κ2) is 14.7. The maximum absolute atomic E-state index is 12.7. The highest BCUT2D eigenvalue weighted by molar-refractivity contribution is 5.79. The van der Waals surface area contributed by atoms with Crippen molar-refractivity contribution in [3.8, 4) is 17.2 Å². The lowest BCUT2D eigenvalue weighted by atomic mass is 9.96. The fourth-order valence-corrected chi connectivity index (χ4v) is 4.00. The van der Waals surface area contributed by atoms with Gasteiger partial charge < -0.3 is 29.6 Å². The van der Waals surface area contributed by atoms with E-state index < -0.39 is 6.29 Å². The molecule has 36 heavy (non-hydrogen) atoms. The predicted molar refractivity (Wildman–Crippen MR) is 141 cm³/mol. The molecule has 1 fully saturated rings. The van der Waals surface area contributed by atoms with Gasteiger partial charge in [0.1, 0.15) is 23.3 Å². The molecule has 2 aromatic carbocycles. The van der Waals surface area contributed by atoms with Crippen LogP contribution < -0.4 is 14.9 Å². The van der Waals surface area contributed by atoms with Crippen LogP contribution in [0, 0.1) is 11.8 Å². The third-order valence-corrected chi connectivity index (χ3v) is 5.81. The molecule has 0 amide bonds. The minimum atomic E-state index is -1.01. The number of hydrogen-bond acceptors (Lipinski definition) is 6. The van der Waals surface area contributed by atoms with E-state index in [1.807, 2.05) is 49.4 Å². The second-order valence-corrected chi connectivity index (χ2v) is 8.19. The molecule has 3 atom stereocenters. The van der Waals surface area contributed by atoms with Gasteiger partial charge in [0, 0.05) is 18.6 Å². The number of para-hydroxylation sites is 1. The molecule has 0 spiro atoms. The molecular formula is C29H34O7. The lowest BCUT2D eigenvalue weighted by Gasteiger charge is -2.24.